The molecule has 0 unspecified atom stereocenters. The average molecular weight is 484 g/mol. The summed E-state index contributed by atoms with van der Waals surface area (Å²) in [6, 6.07) is 8.75. The first-order valence-corrected chi connectivity index (χ1v) is 10.2. The summed E-state index contributed by atoms with van der Waals surface area (Å²) in [5.41, 5.74) is -4.00. The van der Waals surface area contributed by atoms with Crippen molar-refractivity contribution in [1.29, 1.82) is 0 Å². The molecule has 35 heavy (non-hydrogen) atoms. The maximum atomic E-state index is 12.9. The maximum Gasteiger partial charge on any atom is 0.332 e. The van der Waals surface area contributed by atoms with Crippen molar-refractivity contribution in [3.63, 3.8) is 0 Å². The molecule has 4 rings (SSSR count). The van der Waals surface area contributed by atoms with Gasteiger partial charge in [0.25, 0.3) is 17.1 Å². The van der Waals surface area contributed by atoms with Gasteiger partial charge in [-0.15, -0.1) is 10.2 Å². The Balaban J connectivity index is 1.79. The van der Waals surface area contributed by atoms with E-state index in [1.807, 2.05) is 16.0 Å². The molecule has 0 aliphatic carbocycles. The number of nitrogens with one attached hydrogen (secondary N) is 2. The number of aromatic hydroxyl groups is 1. The smallest absolute Gasteiger partial charge is 0.332 e. The van der Waals surface area contributed by atoms with Crippen LogP contribution >= 0.6 is 0 Å². The van der Waals surface area contributed by atoms with E-state index in [2.05, 4.69) is 15.2 Å². The van der Waals surface area contributed by atoms with Crippen LogP contribution in [0, 0.1) is 0 Å². The lowest BCUT2D eigenvalue weighted by molar-refractivity contribution is 0.0937. The van der Waals surface area contributed by atoms with Gasteiger partial charge in [0.1, 0.15) is 18.5 Å². The zero-order valence-electron chi connectivity index (χ0n) is 18.5. The van der Waals surface area contributed by atoms with Gasteiger partial charge < -0.3 is 14.9 Å². The van der Waals surface area contributed by atoms with Gasteiger partial charge in [-0.1, -0.05) is 18.2 Å². The number of hydrogen-bond donors (Lipinski definition) is 4. The van der Waals surface area contributed by atoms with E-state index in [0.29, 0.717) is 5.75 Å². The Morgan fingerprint density at radius 2 is 1.77 bits per heavy atom. The lowest BCUT2D eigenvalue weighted by Gasteiger charge is -2.14. The molecule has 0 radical (unpaired) electrons. The van der Waals surface area contributed by atoms with Gasteiger partial charge in [0.2, 0.25) is 11.6 Å². The quantitative estimate of drug-likeness (QED) is 0.248. The first-order valence-electron chi connectivity index (χ1n) is 10.2. The lowest BCUT2D eigenvalue weighted by atomic mass is 10.3. The summed E-state index contributed by atoms with van der Waals surface area (Å²) in [7, 11) is 2.69. The van der Waals surface area contributed by atoms with Crippen LogP contribution < -0.4 is 27.2 Å². The van der Waals surface area contributed by atoms with E-state index in [9.17, 15) is 29.4 Å². The minimum atomic E-state index is -1.15. The van der Waals surface area contributed by atoms with Crippen molar-refractivity contribution in [1.82, 2.24) is 28.7 Å². The van der Waals surface area contributed by atoms with Gasteiger partial charge in [0, 0.05) is 14.1 Å². The largest absolute Gasteiger partial charge is 0.493 e. The molecule has 3 aromatic heterocycles. The van der Waals surface area contributed by atoms with Gasteiger partial charge in [-0.3, -0.25) is 33.3 Å². The highest BCUT2D eigenvalue weighted by molar-refractivity contribution is 5.73. The van der Waals surface area contributed by atoms with E-state index >= 15 is 0 Å². The van der Waals surface area contributed by atoms with Gasteiger partial charge in [-0.2, -0.15) is 4.98 Å². The van der Waals surface area contributed by atoms with Crippen molar-refractivity contribution in [2.45, 2.75) is 12.6 Å². The third kappa shape index (κ3) is 4.51. The lowest BCUT2D eigenvalue weighted by Crippen LogP contribution is -2.38. The van der Waals surface area contributed by atoms with E-state index < -0.39 is 40.2 Å². The van der Waals surface area contributed by atoms with Crippen LogP contribution in [0.25, 0.3) is 11.2 Å². The standard InChI is InChI=1S/C20H20N8O7/c1-26-14-13(17(32)27(2)20(26)34)28(8-10(29)9-35-11-6-4-3-5-7-11)18(21-14)25-24-12-15(30)22-19(33)23-16(12)31/h3-7,10,29H,8-9H2,1-2H3,(H3,22,23,30,31,33)/t10-/m0/s1. The predicted molar refractivity (Wildman–Crippen MR) is 122 cm³/mol. The molecule has 0 saturated heterocycles. The molecule has 0 spiro atoms. The summed E-state index contributed by atoms with van der Waals surface area (Å²) in [4.78, 5) is 56.5. The number of aliphatic hydroxyl groups excluding tert-OH is 1. The Labute approximate surface area is 194 Å². The molecule has 1 aromatic carbocycles. The maximum absolute atomic E-state index is 12.9. The number of rotatable bonds is 7. The number of aromatic nitrogens is 6. The molecule has 0 bridgehead atoms. The number of azo groups is 1. The van der Waals surface area contributed by atoms with Crippen LogP contribution in [-0.4, -0.2) is 51.6 Å². The monoisotopic (exact) mass is 484 g/mol. The van der Waals surface area contributed by atoms with Gasteiger partial charge >= 0.3 is 11.4 Å². The highest BCUT2D eigenvalue weighted by Gasteiger charge is 2.22. The van der Waals surface area contributed by atoms with Crippen LogP contribution in [0.3, 0.4) is 0 Å². The summed E-state index contributed by atoms with van der Waals surface area (Å²) in [5.74, 6) is -0.556. The van der Waals surface area contributed by atoms with Gasteiger partial charge in [0.15, 0.2) is 11.2 Å². The van der Waals surface area contributed by atoms with Crippen LogP contribution in [-0.2, 0) is 20.6 Å². The fourth-order valence-corrected chi connectivity index (χ4v) is 3.31. The number of nitrogens with zero attached hydrogens (tertiary/aromatic N) is 6. The first-order chi connectivity index (χ1) is 16.7. The number of benzene rings is 1. The number of aryl methyl sites for hydroxylation is 1. The summed E-state index contributed by atoms with van der Waals surface area (Å²) < 4.78 is 8.75. The Bertz CT molecular complexity index is 1660. The predicted octanol–water partition coefficient (Wildman–Crippen LogP) is -0.629. The molecule has 0 fully saturated rings. The highest BCUT2D eigenvalue weighted by Crippen LogP contribution is 2.23. The molecule has 1 atom stereocenters. The second-order valence-corrected chi connectivity index (χ2v) is 7.48. The van der Waals surface area contributed by atoms with Crippen molar-refractivity contribution in [2.75, 3.05) is 6.61 Å². The van der Waals surface area contributed by atoms with Crippen LogP contribution in [0.4, 0.5) is 11.6 Å². The molecule has 0 aliphatic heterocycles. The van der Waals surface area contributed by atoms with Crippen molar-refractivity contribution in [2.24, 2.45) is 24.3 Å². The van der Waals surface area contributed by atoms with Crippen LogP contribution in [0.5, 0.6) is 11.6 Å². The fraction of sp³-hybridized carbons (Fsp3) is 0.250. The summed E-state index contributed by atoms with van der Waals surface area (Å²) >= 11 is 0. The first kappa shape index (κ1) is 23.4. The summed E-state index contributed by atoms with van der Waals surface area (Å²) in [6.07, 6.45) is -1.15. The molecule has 0 saturated carbocycles. The van der Waals surface area contributed by atoms with Crippen molar-refractivity contribution in [3.05, 3.63) is 72.0 Å². The molecule has 4 N–H and O–H groups in total. The summed E-state index contributed by atoms with van der Waals surface area (Å²) in [5, 5.41) is 27.9. The zero-order chi connectivity index (χ0) is 25.3. The number of H-pyrrole nitrogens is 2. The summed E-state index contributed by atoms with van der Waals surface area (Å²) in [6.45, 7) is -0.383. The van der Waals surface area contributed by atoms with E-state index in [1.54, 1.807) is 24.3 Å². The van der Waals surface area contributed by atoms with E-state index in [0.717, 1.165) is 9.13 Å². The molecule has 4 aromatic rings. The van der Waals surface area contributed by atoms with E-state index in [1.165, 1.54) is 18.7 Å². The number of para-hydroxylation sites is 1. The Kier molecular flexibility index (Phi) is 6.16. The van der Waals surface area contributed by atoms with Gasteiger partial charge in [-0.25, -0.2) is 9.59 Å². The minimum Gasteiger partial charge on any atom is -0.493 e. The van der Waals surface area contributed by atoms with E-state index in [-0.39, 0.29) is 30.3 Å². The number of aliphatic hydroxyl groups is 1. The Morgan fingerprint density at radius 3 is 2.46 bits per heavy atom. The molecule has 0 amide bonds. The molecular formula is C20H20N8O7. The number of imidazole rings is 1. The second kappa shape index (κ2) is 9.22. The number of aromatic amines is 2. The molecule has 182 valence electrons. The Morgan fingerprint density at radius 1 is 1.06 bits per heavy atom. The number of hydrogen-bond acceptors (Lipinski definition) is 10. The molecule has 15 heteroatoms. The highest BCUT2D eigenvalue weighted by atomic mass is 16.5. The average Bonchev–Trinajstić information content (AvgIpc) is 3.18. The normalized spacial score (nSPS) is 12.4. The topological polar surface area (TPSA) is 202 Å². The van der Waals surface area contributed by atoms with Gasteiger partial charge in [0.05, 0.1) is 6.54 Å². The van der Waals surface area contributed by atoms with Crippen LogP contribution in [0.2, 0.25) is 0 Å². The van der Waals surface area contributed by atoms with Crippen LogP contribution in [0.15, 0.2) is 59.7 Å². The van der Waals surface area contributed by atoms with Crippen molar-refractivity contribution >= 4 is 22.8 Å². The SMILES string of the molecule is Cn1c(=O)c2c(nc(N=Nc3c(O)[nH]c(=O)[nH]c3=O)n2C[C@H](O)COc2ccccc2)n(C)c1=O. The number of ether oxygens (including phenoxy) is 1. The molecule has 0 aliphatic rings. The molecule has 15 nitrogen and oxygen atoms in total. The second-order valence-electron chi connectivity index (χ2n) is 7.48. The fourth-order valence-electron chi connectivity index (χ4n) is 3.31. The van der Waals surface area contributed by atoms with Crippen LogP contribution in [0.1, 0.15) is 0 Å². The van der Waals surface area contributed by atoms with Crippen molar-refractivity contribution < 1.29 is 14.9 Å². The minimum absolute atomic E-state index is 0.0390. The number of fused-ring (bicyclic) bond motifs is 1. The Hall–Kier alpha value is -4.79. The van der Waals surface area contributed by atoms with E-state index in [4.69, 9.17) is 4.74 Å². The molecular weight excluding hydrogens is 464 g/mol. The van der Waals surface area contributed by atoms with Crippen molar-refractivity contribution in [3.8, 4) is 11.6 Å². The third-order valence-corrected chi connectivity index (χ3v) is 5.04. The zero-order valence-corrected chi connectivity index (χ0v) is 18.5. The third-order valence-electron chi connectivity index (χ3n) is 5.04. The van der Waals surface area contributed by atoms with Gasteiger partial charge in [-0.05, 0) is 12.1 Å². The molecule has 3 heterocycles.